The smallest absolute Gasteiger partial charge is 0.304 e. The molecular weight excluding hydrogens is 364 g/mol. The van der Waals surface area contributed by atoms with Crippen molar-refractivity contribution in [3.63, 3.8) is 0 Å². The van der Waals surface area contributed by atoms with Crippen molar-refractivity contribution in [2.75, 3.05) is 5.32 Å². The molecule has 1 aromatic carbocycles. The van der Waals surface area contributed by atoms with Gasteiger partial charge in [-0.3, -0.25) is 9.48 Å². The number of rotatable bonds is 3. The Labute approximate surface area is 151 Å². The van der Waals surface area contributed by atoms with Gasteiger partial charge in [0.05, 0.1) is 5.56 Å². The SMILES string of the molecule is Cc1cc(-c2ccc(F)c(C(F)(F)F)c2)cc(C(=O)Nc2ccn(C)n2)n1. The number of carbonyl (C=O) groups is 1. The number of amides is 1. The summed E-state index contributed by atoms with van der Waals surface area (Å²) < 4.78 is 53.9. The van der Waals surface area contributed by atoms with E-state index < -0.39 is 23.5 Å². The normalized spacial score (nSPS) is 11.5. The molecule has 0 atom stereocenters. The lowest BCUT2D eigenvalue weighted by Crippen LogP contribution is -2.15. The van der Waals surface area contributed by atoms with Gasteiger partial charge in [-0.1, -0.05) is 6.07 Å². The average Bonchev–Trinajstić information content (AvgIpc) is 2.98. The Balaban J connectivity index is 1.97. The van der Waals surface area contributed by atoms with E-state index >= 15 is 0 Å². The Morgan fingerprint density at radius 3 is 2.48 bits per heavy atom. The van der Waals surface area contributed by atoms with Crippen molar-refractivity contribution in [1.82, 2.24) is 14.8 Å². The van der Waals surface area contributed by atoms with Gasteiger partial charge in [0.25, 0.3) is 5.91 Å². The first kappa shape index (κ1) is 18.6. The summed E-state index contributed by atoms with van der Waals surface area (Å²) in [6, 6.07) is 7.14. The van der Waals surface area contributed by atoms with Crippen LogP contribution in [-0.2, 0) is 13.2 Å². The van der Waals surface area contributed by atoms with E-state index in [4.69, 9.17) is 0 Å². The lowest BCUT2D eigenvalue weighted by Gasteiger charge is -2.11. The summed E-state index contributed by atoms with van der Waals surface area (Å²) in [5, 5.41) is 6.57. The highest BCUT2D eigenvalue weighted by molar-refractivity contribution is 6.03. The Morgan fingerprint density at radius 1 is 1.11 bits per heavy atom. The molecule has 0 aliphatic rings. The minimum atomic E-state index is -4.82. The van der Waals surface area contributed by atoms with Crippen LogP contribution in [0.25, 0.3) is 11.1 Å². The molecule has 9 heteroatoms. The molecule has 140 valence electrons. The number of carbonyl (C=O) groups excluding carboxylic acids is 1. The fourth-order valence-electron chi connectivity index (χ4n) is 2.54. The molecule has 2 aromatic heterocycles. The molecule has 1 amide bonds. The topological polar surface area (TPSA) is 59.8 Å². The minimum Gasteiger partial charge on any atom is -0.304 e. The first-order valence-electron chi connectivity index (χ1n) is 7.80. The van der Waals surface area contributed by atoms with Gasteiger partial charge >= 0.3 is 6.18 Å². The maximum absolute atomic E-state index is 13.5. The van der Waals surface area contributed by atoms with Crippen LogP contribution in [0.5, 0.6) is 0 Å². The minimum absolute atomic E-state index is 0.00790. The number of benzene rings is 1. The summed E-state index contributed by atoms with van der Waals surface area (Å²) in [6.45, 7) is 1.61. The van der Waals surface area contributed by atoms with Gasteiger partial charge in [0, 0.05) is 25.0 Å². The Kier molecular flexibility index (Phi) is 4.69. The molecule has 0 bridgehead atoms. The zero-order valence-electron chi connectivity index (χ0n) is 14.3. The lowest BCUT2D eigenvalue weighted by atomic mass is 10.0. The molecule has 27 heavy (non-hydrogen) atoms. The summed E-state index contributed by atoms with van der Waals surface area (Å²) in [4.78, 5) is 16.5. The van der Waals surface area contributed by atoms with Crippen LogP contribution >= 0.6 is 0 Å². The predicted molar refractivity (Wildman–Crippen MR) is 90.5 cm³/mol. The van der Waals surface area contributed by atoms with E-state index in [1.165, 1.54) is 22.9 Å². The molecule has 0 fully saturated rings. The van der Waals surface area contributed by atoms with Gasteiger partial charge < -0.3 is 5.32 Å². The third kappa shape index (κ3) is 4.13. The largest absolute Gasteiger partial charge is 0.419 e. The zero-order valence-corrected chi connectivity index (χ0v) is 14.3. The van der Waals surface area contributed by atoms with Crippen LogP contribution in [-0.4, -0.2) is 20.7 Å². The van der Waals surface area contributed by atoms with Gasteiger partial charge in [0.15, 0.2) is 5.82 Å². The number of nitrogens with one attached hydrogen (secondary N) is 1. The molecule has 1 N–H and O–H groups in total. The number of aromatic nitrogens is 3. The number of hydrogen-bond acceptors (Lipinski definition) is 3. The number of halogens is 4. The van der Waals surface area contributed by atoms with Gasteiger partial charge in [-0.05, 0) is 42.3 Å². The van der Waals surface area contributed by atoms with E-state index in [1.54, 1.807) is 26.2 Å². The van der Waals surface area contributed by atoms with Crippen molar-refractivity contribution in [1.29, 1.82) is 0 Å². The van der Waals surface area contributed by atoms with E-state index in [2.05, 4.69) is 15.4 Å². The highest BCUT2D eigenvalue weighted by atomic mass is 19.4. The predicted octanol–water partition coefficient (Wildman–Crippen LogP) is 4.20. The molecule has 0 saturated carbocycles. The second kappa shape index (κ2) is 6.82. The number of hydrogen-bond donors (Lipinski definition) is 1. The molecule has 5 nitrogen and oxygen atoms in total. The first-order chi connectivity index (χ1) is 12.6. The molecule has 3 aromatic rings. The molecule has 3 rings (SSSR count). The highest BCUT2D eigenvalue weighted by Crippen LogP contribution is 2.34. The quantitative estimate of drug-likeness (QED) is 0.695. The molecule has 0 radical (unpaired) electrons. The summed E-state index contributed by atoms with van der Waals surface area (Å²) in [7, 11) is 1.69. The second-order valence-electron chi connectivity index (χ2n) is 5.90. The van der Waals surface area contributed by atoms with Gasteiger partial charge in [-0.25, -0.2) is 9.37 Å². The van der Waals surface area contributed by atoms with Gasteiger partial charge in [-0.2, -0.15) is 18.3 Å². The summed E-state index contributed by atoms with van der Waals surface area (Å²) in [5.74, 6) is -1.60. The zero-order chi connectivity index (χ0) is 19.8. The van der Waals surface area contributed by atoms with Crippen LogP contribution in [0.15, 0.2) is 42.6 Å². The van der Waals surface area contributed by atoms with Crippen molar-refractivity contribution in [3.05, 3.63) is 65.4 Å². The van der Waals surface area contributed by atoms with Crippen LogP contribution in [0.4, 0.5) is 23.4 Å². The fourth-order valence-corrected chi connectivity index (χ4v) is 2.54. The maximum atomic E-state index is 13.5. The van der Waals surface area contributed by atoms with Crippen LogP contribution in [0.3, 0.4) is 0 Å². The van der Waals surface area contributed by atoms with Crippen molar-refractivity contribution in [2.45, 2.75) is 13.1 Å². The van der Waals surface area contributed by atoms with Gasteiger partial charge in [-0.15, -0.1) is 0 Å². The Morgan fingerprint density at radius 2 is 1.85 bits per heavy atom. The van der Waals surface area contributed by atoms with Crippen molar-refractivity contribution in [3.8, 4) is 11.1 Å². The number of nitrogens with zero attached hydrogens (tertiary/aromatic N) is 3. The third-order valence-corrected chi connectivity index (χ3v) is 3.75. The molecule has 0 aliphatic heterocycles. The lowest BCUT2D eigenvalue weighted by molar-refractivity contribution is -0.139. The van der Waals surface area contributed by atoms with E-state index in [-0.39, 0.29) is 11.3 Å². The van der Waals surface area contributed by atoms with E-state index in [0.717, 1.165) is 6.07 Å². The molecule has 0 unspecified atom stereocenters. The Hall–Kier alpha value is -3.23. The number of alkyl halides is 3. The van der Waals surface area contributed by atoms with Gasteiger partial charge in [0.2, 0.25) is 0 Å². The van der Waals surface area contributed by atoms with Crippen LogP contribution in [0, 0.1) is 12.7 Å². The first-order valence-corrected chi connectivity index (χ1v) is 7.80. The van der Waals surface area contributed by atoms with E-state index in [0.29, 0.717) is 23.1 Å². The second-order valence-corrected chi connectivity index (χ2v) is 5.90. The fraction of sp³-hybridized carbons (Fsp3) is 0.167. The van der Waals surface area contributed by atoms with Crippen molar-refractivity contribution < 1.29 is 22.4 Å². The summed E-state index contributed by atoms with van der Waals surface area (Å²) in [5.41, 5.74) is -0.487. The standard InChI is InChI=1S/C18H14F4N4O/c1-10-7-12(11-3-4-14(19)13(8-11)18(20,21)22)9-15(23-10)17(27)24-16-5-6-26(2)25-16/h3-9H,1-2H3,(H,24,25,27). The molecule has 2 heterocycles. The molecule has 0 saturated heterocycles. The maximum Gasteiger partial charge on any atom is 0.419 e. The Bertz CT molecular complexity index is 1010. The van der Waals surface area contributed by atoms with E-state index in [1.807, 2.05) is 0 Å². The number of pyridine rings is 1. The monoisotopic (exact) mass is 378 g/mol. The van der Waals surface area contributed by atoms with Crippen LogP contribution < -0.4 is 5.32 Å². The van der Waals surface area contributed by atoms with Crippen LogP contribution in [0.2, 0.25) is 0 Å². The van der Waals surface area contributed by atoms with Crippen molar-refractivity contribution in [2.24, 2.45) is 7.05 Å². The molecule has 0 spiro atoms. The number of anilines is 1. The van der Waals surface area contributed by atoms with Crippen molar-refractivity contribution >= 4 is 11.7 Å². The van der Waals surface area contributed by atoms with Gasteiger partial charge in [0.1, 0.15) is 11.5 Å². The van der Waals surface area contributed by atoms with E-state index in [9.17, 15) is 22.4 Å². The number of aryl methyl sites for hydroxylation is 2. The summed E-state index contributed by atoms with van der Waals surface area (Å²) >= 11 is 0. The average molecular weight is 378 g/mol. The highest BCUT2D eigenvalue weighted by Gasteiger charge is 2.34. The van der Waals surface area contributed by atoms with Crippen LogP contribution in [0.1, 0.15) is 21.7 Å². The third-order valence-electron chi connectivity index (χ3n) is 3.75. The summed E-state index contributed by atoms with van der Waals surface area (Å²) in [6.07, 6.45) is -3.18. The molecule has 0 aliphatic carbocycles. The molecular formula is C18H14F4N4O.